The van der Waals surface area contributed by atoms with Gasteiger partial charge in [0.15, 0.2) is 5.58 Å². The Bertz CT molecular complexity index is 1290. The molecule has 0 radical (unpaired) electrons. The van der Waals surface area contributed by atoms with Crippen LogP contribution >= 0.6 is 0 Å². The maximum Gasteiger partial charge on any atom is 0.322 e. The average molecular weight is 436 g/mol. The summed E-state index contributed by atoms with van der Waals surface area (Å²) in [5, 5.41) is 35.6. The lowest BCUT2D eigenvalue weighted by molar-refractivity contribution is -0.401. The highest BCUT2D eigenvalue weighted by atomic mass is 16.6. The minimum absolute atomic E-state index is 0.0562. The molecule has 0 bridgehead atoms. The molecule has 0 aliphatic heterocycles. The van der Waals surface area contributed by atoms with Crippen LogP contribution in [0.25, 0.3) is 11.1 Å². The van der Waals surface area contributed by atoms with Crippen molar-refractivity contribution < 1.29 is 19.2 Å². The SMILES string of the molecule is O=[N+]([O-])c1cc([N+](=O)[O-])c(NN(c2ccccc2)c2nc3ccccc3o2)c([N+](=O)[O-])c1. The number of para-hydroxylation sites is 3. The topological polar surface area (TPSA) is 171 Å². The van der Waals surface area contributed by atoms with Crippen LogP contribution in [0.4, 0.5) is 34.5 Å². The lowest BCUT2D eigenvalue weighted by atomic mass is 10.2. The number of nitrogens with zero attached hydrogens (tertiary/aromatic N) is 5. The van der Waals surface area contributed by atoms with Crippen molar-refractivity contribution in [3.05, 3.63) is 97.1 Å². The molecule has 0 spiro atoms. The van der Waals surface area contributed by atoms with Gasteiger partial charge < -0.3 is 4.42 Å². The molecule has 1 N–H and O–H groups in total. The lowest BCUT2D eigenvalue weighted by Crippen LogP contribution is -2.26. The van der Waals surface area contributed by atoms with Gasteiger partial charge >= 0.3 is 17.4 Å². The van der Waals surface area contributed by atoms with Gasteiger partial charge in [0.2, 0.25) is 5.69 Å². The van der Waals surface area contributed by atoms with Gasteiger partial charge in [-0.2, -0.15) is 4.98 Å². The Morgan fingerprint density at radius 2 is 1.41 bits per heavy atom. The molecular weight excluding hydrogens is 424 g/mol. The molecule has 3 aromatic carbocycles. The van der Waals surface area contributed by atoms with Crippen molar-refractivity contribution >= 4 is 45.6 Å². The second-order valence-corrected chi connectivity index (χ2v) is 6.38. The van der Waals surface area contributed by atoms with E-state index >= 15 is 0 Å². The van der Waals surface area contributed by atoms with E-state index in [-0.39, 0.29) is 6.01 Å². The molecule has 0 saturated heterocycles. The molecule has 0 fully saturated rings. The standard InChI is InChI=1S/C19H12N6O7/c26-23(27)13-10-15(24(28)29)18(16(11-13)25(30)31)21-22(12-6-2-1-3-7-12)19-20-14-8-4-5-9-17(14)32-19/h1-11,21H. The molecule has 0 atom stereocenters. The molecule has 13 nitrogen and oxygen atoms in total. The van der Waals surface area contributed by atoms with E-state index in [9.17, 15) is 30.3 Å². The monoisotopic (exact) mass is 436 g/mol. The fourth-order valence-corrected chi connectivity index (χ4v) is 2.97. The highest BCUT2D eigenvalue weighted by Crippen LogP contribution is 2.40. The van der Waals surface area contributed by atoms with Gasteiger partial charge in [0.25, 0.3) is 5.69 Å². The zero-order chi connectivity index (χ0) is 22.8. The number of benzene rings is 3. The quantitative estimate of drug-likeness (QED) is 0.316. The Kier molecular flexibility index (Phi) is 5.04. The minimum atomic E-state index is -0.947. The fraction of sp³-hybridized carbons (Fsp3) is 0. The third kappa shape index (κ3) is 3.72. The van der Waals surface area contributed by atoms with E-state index in [0.717, 1.165) is 0 Å². The average Bonchev–Trinajstić information content (AvgIpc) is 3.21. The maximum atomic E-state index is 11.6. The Morgan fingerprint density at radius 3 is 1.97 bits per heavy atom. The molecule has 4 rings (SSSR count). The van der Waals surface area contributed by atoms with Gasteiger partial charge in [-0.05, 0) is 24.3 Å². The number of hydrogen-bond acceptors (Lipinski definition) is 10. The summed E-state index contributed by atoms with van der Waals surface area (Å²) in [4.78, 5) is 35.9. The number of hydrogen-bond donors (Lipinski definition) is 1. The second kappa shape index (κ2) is 7.98. The van der Waals surface area contributed by atoms with E-state index in [1.165, 1.54) is 5.01 Å². The predicted molar refractivity (Wildman–Crippen MR) is 113 cm³/mol. The van der Waals surface area contributed by atoms with E-state index in [1.54, 1.807) is 54.6 Å². The number of nitrogens with one attached hydrogen (secondary N) is 1. The Balaban J connectivity index is 1.91. The summed E-state index contributed by atoms with van der Waals surface area (Å²) in [7, 11) is 0. The van der Waals surface area contributed by atoms with Crippen molar-refractivity contribution in [2.75, 3.05) is 10.4 Å². The van der Waals surface area contributed by atoms with Gasteiger partial charge in [-0.3, -0.25) is 35.8 Å². The zero-order valence-corrected chi connectivity index (χ0v) is 15.9. The van der Waals surface area contributed by atoms with Crippen LogP contribution in [0.15, 0.2) is 71.1 Å². The first-order valence-corrected chi connectivity index (χ1v) is 8.94. The van der Waals surface area contributed by atoms with Crippen molar-refractivity contribution in [1.82, 2.24) is 4.98 Å². The normalized spacial score (nSPS) is 10.6. The summed E-state index contributed by atoms with van der Waals surface area (Å²) in [5.74, 6) is 0. The largest absolute Gasteiger partial charge is 0.422 e. The first kappa shape index (κ1) is 20.2. The summed E-state index contributed by atoms with van der Waals surface area (Å²) >= 11 is 0. The molecule has 0 amide bonds. The summed E-state index contributed by atoms with van der Waals surface area (Å²) in [6.45, 7) is 0. The maximum absolute atomic E-state index is 11.6. The summed E-state index contributed by atoms with van der Waals surface area (Å²) < 4.78 is 5.72. The molecule has 1 aromatic heterocycles. The lowest BCUT2D eigenvalue weighted by Gasteiger charge is -2.22. The van der Waals surface area contributed by atoms with Gasteiger partial charge in [0, 0.05) is 0 Å². The molecular formula is C19H12N6O7. The van der Waals surface area contributed by atoms with Crippen molar-refractivity contribution in [1.29, 1.82) is 0 Å². The molecule has 1 heterocycles. The van der Waals surface area contributed by atoms with Crippen LogP contribution in [0.1, 0.15) is 0 Å². The van der Waals surface area contributed by atoms with Crippen molar-refractivity contribution in [3.63, 3.8) is 0 Å². The van der Waals surface area contributed by atoms with Crippen LogP contribution in [-0.4, -0.2) is 19.8 Å². The molecule has 0 aliphatic carbocycles. The van der Waals surface area contributed by atoms with Gasteiger partial charge in [-0.25, -0.2) is 5.01 Å². The highest BCUT2D eigenvalue weighted by molar-refractivity contribution is 5.81. The number of nitro groups is 3. The van der Waals surface area contributed by atoms with Crippen LogP contribution in [0.3, 0.4) is 0 Å². The summed E-state index contributed by atoms with van der Waals surface area (Å²) in [6, 6.07) is 16.3. The number of aromatic nitrogens is 1. The first-order chi connectivity index (χ1) is 15.3. The summed E-state index contributed by atoms with van der Waals surface area (Å²) in [5.41, 5.74) is 0.819. The number of anilines is 3. The molecule has 4 aromatic rings. The van der Waals surface area contributed by atoms with Crippen LogP contribution in [0.5, 0.6) is 0 Å². The molecule has 32 heavy (non-hydrogen) atoms. The third-order valence-corrected chi connectivity index (χ3v) is 4.40. The Labute approximate surface area is 177 Å². The van der Waals surface area contributed by atoms with Crippen LogP contribution in [-0.2, 0) is 0 Å². The van der Waals surface area contributed by atoms with Crippen molar-refractivity contribution in [2.24, 2.45) is 0 Å². The van der Waals surface area contributed by atoms with E-state index in [1.807, 2.05) is 0 Å². The van der Waals surface area contributed by atoms with Crippen molar-refractivity contribution in [3.8, 4) is 0 Å². The number of hydrazine groups is 1. The molecule has 13 heteroatoms. The first-order valence-electron chi connectivity index (χ1n) is 8.94. The second-order valence-electron chi connectivity index (χ2n) is 6.38. The van der Waals surface area contributed by atoms with Gasteiger partial charge in [-0.1, -0.05) is 30.3 Å². The van der Waals surface area contributed by atoms with E-state index < -0.39 is 37.5 Å². The van der Waals surface area contributed by atoms with E-state index in [0.29, 0.717) is 28.9 Å². The third-order valence-electron chi connectivity index (χ3n) is 4.40. The Morgan fingerprint density at radius 1 is 0.812 bits per heavy atom. The molecule has 0 unspecified atom stereocenters. The van der Waals surface area contributed by atoms with E-state index in [4.69, 9.17) is 4.42 Å². The van der Waals surface area contributed by atoms with Crippen LogP contribution < -0.4 is 10.4 Å². The van der Waals surface area contributed by atoms with Crippen LogP contribution in [0, 0.1) is 30.3 Å². The predicted octanol–water partition coefficient (Wildman–Crippen LogP) is 4.72. The highest BCUT2D eigenvalue weighted by Gasteiger charge is 2.33. The summed E-state index contributed by atoms with van der Waals surface area (Å²) in [6.07, 6.45) is 0. The van der Waals surface area contributed by atoms with Gasteiger partial charge in [0.05, 0.1) is 32.6 Å². The number of rotatable bonds is 7. The van der Waals surface area contributed by atoms with Gasteiger partial charge in [0.1, 0.15) is 5.52 Å². The van der Waals surface area contributed by atoms with Gasteiger partial charge in [-0.15, -0.1) is 0 Å². The van der Waals surface area contributed by atoms with Crippen molar-refractivity contribution in [2.45, 2.75) is 0 Å². The smallest absolute Gasteiger partial charge is 0.322 e. The number of nitro benzene ring substituents is 3. The Hall–Kier alpha value is -5.07. The zero-order valence-electron chi connectivity index (χ0n) is 15.9. The van der Waals surface area contributed by atoms with E-state index in [2.05, 4.69) is 10.4 Å². The molecule has 0 saturated carbocycles. The molecule has 0 aliphatic rings. The molecule has 160 valence electrons. The minimum Gasteiger partial charge on any atom is -0.422 e. The van der Waals surface area contributed by atoms with Crippen LogP contribution in [0.2, 0.25) is 0 Å². The number of fused-ring (bicyclic) bond motifs is 1. The number of oxazole rings is 1. The number of non-ortho nitro benzene ring substituents is 1. The fourth-order valence-electron chi connectivity index (χ4n) is 2.97.